The van der Waals surface area contributed by atoms with Crippen LogP contribution in [0.5, 0.6) is 0 Å². The maximum atomic E-state index is 5.11. The third-order valence-corrected chi connectivity index (χ3v) is 18.2. The summed E-state index contributed by atoms with van der Waals surface area (Å²) in [4.78, 5) is 49.1. The minimum absolute atomic E-state index is 0.527. The summed E-state index contributed by atoms with van der Waals surface area (Å²) >= 11 is 0. The Labute approximate surface area is 563 Å². The van der Waals surface area contributed by atoms with E-state index in [1.807, 2.05) is 109 Å². The summed E-state index contributed by atoms with van der Waals surface area (Å²) in [5.41, 5.74) is 21.6. The molecule has 456 valence electrons. The van der Waals surface area contributed by atoms with Crippen LogP contribution >= 0.6 is 0 Å². The largest absolute Gasteiger partial charge is 0.256 e. The van der Waals surface area contributed by atoms with E-state index in [9.17, 15) is 0 Å². The van der Waals surface area contributed by atoms with Gasteiger partial charge in [0.1, 0.15) is 5.69 Å². The number of pyridine rings is 7. The lowest BCUT2D eigenvalue weighted by Gasteiger charge is -2.10. The molecule has 0 aliphatic heterocycles. The Bertz CT molecular complexity index is 6260. The van der Waals surface area contributed by atoms with Crippen LogP contribution in [0.3, 0.4) is 0 Å². The van der Waals surface area contributed by atoms with Gasteiger partial charge >= 0.3 is 0 Å². The number of hydrogen-bond donors (Lipinski definition) is 0. The van der Waals surface area contributed by atoms with Gasteiger partial charge in [-0.2, -0.15) is 0 Å². The zero-order valence-electron chi connectivity index (χ0n) is 52.6. The van der Waals surface area contributed by atoms with E-state index < -0.39 is 0 Å². The molecular formula is C88H54N10. The van der Waals surface area contributed by atoms with Gasteiger partial charge in [0.15, 0.2) is 17.5 Å². The van der Waals surface area contributed by atoms with Crippen molar-refractivity contribution in [1.82, 2.24) is 49.8 Å². The number of hydrogen-bond acceptors (Lipinski definition) is 10. The zero-order chi connectivity index (χ0) is 64.9. The smallest absolute Gasteiger partial charge is 0.182 e. The lowest BCUT2D eigenvalue weighted by molar-refractivity contribution is 1.06. The monoisotopic (exact) mass is 1250 g/mol. The van der Waals surface area contributed by atoms with Crippen molar-refractivity contribution in [2.24, 2.45) is 0 Å². The third-order valence-electron chi connectivity index (χ3n) is 18.2. The molecule has 0 bridgehead atoms. The summed E-state index contributed by atoms with van der Waals surface area (Å²) in [5, 5.41) is 9.92. The van der Waals surface area contributed by atoms with Crippen molar-refractivity contribution in [1.29, 1.82) is 0 Å². The van der Waals surface area contributed by atoms with Gasteiger partial charge in [-0.1, -0.05) is 224 Å². The average molecular weight is 1250 g/mol. The van der Waals surface area contributed by atoms with Gasteiger partial charge in [-0.05, 0) is 124 Å². The van der Waals surface area contributed by atoms with Crippen LogP contribution in [-0.4, -0.2) is 49.8 Å². The first-order chi connectivity index (χ1) is 48.5. The highest BCUT2D eigenvalue weighted by Gasteiger charge is 2.17. The summed E-state index contributed by atoms with van der Waals surface area (Å²) in [6.07, 6.45) is 3.66. The van der Waals surface area contributed by atoms with E-state index in [0.717, 1.165) is 166 Å². The molecule has 98 heavy (non-hydrogen) atoms. The quantitative estimate of drug-likeness (QED) is 0.129. The van der Waals surface area contributed by atoms with Crippen LogP contribution in [0.2, 0.25) is 0 Å². The molecule has 0 spiro atoms. The Kier molecular flexibility index (Phi) is 14.3. The molecule has 0 saturated carbocycles. The fraction of sp³-hybridized carbons (Fsp3) is 0. The van der Waals surface area contributed by atoms with Crippen molar-refractivity contribution in [3.05, 3.63) is 328 Å². The van der Waals surface area contributed by atoms with Crippen LogP contribution in [-0.2, 0) is 0 Å². The van der Waals surface area contributed by atoms with Crippen LogP contribution in [0, 0.1) is 0 Å². The predicted molar refractivity (Wildman–Crippen MR) is 400 cm³/mol. The second-order valence-electron chi connectivity index (χ2n) is 24.4. The highest BCUT2D eigenvalue weighted by Crippen LogP contribution is 2.36. The van der Waals surface area contributed by atoms with Crippen molar-refractivity contribution in [2.75, 3.05) is 0 Å². The van der Waals surface area contributed by atoms with E-state index in [-0.39, 0.29) is 0 Å². The third kappa shape index (κ3) is 11.1. The molecule has 0 fully saturated rings. The average Bonchev–Trinajstić information content (AvgIpc) is 0.874. The molecule has 8 aromatic heterocycles. The van der Waals surface area contributed by atoms with Gasteiger partial charge in [0.25, 0.3) is 0 Å². The van der Waals surface area contributed by atoms with E-state index in [0.29, 0.717) is 23.2 Å². The molecule has 8 heterocycles. The van der Waals surface area contributed by atoms with Gasteiger partial charge in [-0.15, -0.1) is 0 Å². The fourth-order valence-electron chi connectivity index (χ4n) is 13.1. The van der Waals surface area contributed by atoms with E-state index in [1.54, 1.807) is 0 Å². The lowest BCUT2D eigenvalue weighted by atomic mass is 9.99. The Morgan fingerprint density at radius 1 is 0.163 bits per heavy atom. The summed E-state index contributed by atoms with van der Waals surface area (Å²) in [7, 11) is 0. The summed E-state index contributed by atoms with van der Waals surface area (Å²) in [5.74, 6) is 1.74. The Morgan fingerprint density at radius 2 is 0.541 bits per heavy atom. The van der Waals surface area contributed by atoms with E-state index in [1.165, 1.54) is 0 Å². The maximum Gasteiger partial charge on any atom is 0.182 e. The van der Waals surface area contributed by atoms with Crippen LogP contribution in [0.4, 0.5) is 0 Å². The molecule has 0 aliphatic carbocycles. The van der Waals surface area contributed by atoms with Gasteiger partial charge < -0.3 is 0 Å². The molecule has 0 N–H and O–H groups in total. The number of aromatic nitrogens is 10. The topological polar surface area (TPSA) is 129 Å². The van der Waals surface area contributed by atoms with Crippen LogP contribution < -0.4 is 0 Å². The molecule has 10 heteroatoms. The van der Waals surface area contributed by atoms with Crippen molar-refractivity contribution < 1.29 is 0 Å². The number of rotatable bonds is 9. The van der Waals surface area contributed by atoms with Crippen LogP contribution in [0.1, 0.15) is 0 Å². The number of benzene rings is 11. The minimum Gasteiger partial charge on any atom is -0.256 e. The van der Waals surface area contributed by atoms with Crippen molar-refractivity contribution in [2.45, 2.75) is 0 Å². The SMILES string of the molecule is c1ccc(-c2ccc3cc(-c4ccc5ccc(-c6cccc7cccnc67)nc5c4)ccc3n2)cc1.c1ccc(-c2nc(-c3ccccc3)nc(-c3ccc4ccc(-c5ccc6nc(-c7ccc8cc(-c9ccc%10ccc%11cccnc%11c%10n9)ccc8c7)ccc6c5)cc4n3)n2)cc1. The summed E-state index contributed by atoms with van der Waals surface area (Å²) in [6, 6.07) is 109. The van der Waals surface area contributed by atoms with Crippen molar-refractivity contribution in [3.8, 4) is 102 Å². The second kappa shape index (κ2) is 24.5. The maximum absolute atomic E-state index is 5.11. The molecule has 0 aliphatic rings. The van der Waals surface area contributed by atoms with Gasteiger partial charge in [0.2, 0.25) is 0 Å². The first-order valence-corrected chi connectivity index (χ1v) is 32.6. The number of fused-ring (bicyclic) bond motifs is 9. The predicted octanol–water partition coefficient (Wildman–Crippen LogP) is 21.6. The molecule has 0 amide bonds. The van der Waals surface area contributed by atoms with Crippen LogP contribution in [0.15, 0.2) is 328 Å². The molecule has 0 saturated heterocycles. The lowest BCUT2D eigenvalue weighted by Crippen LogP contribution is -2.01. The summed E-state index contributed by atoms with van der Waals surface area (Å²) < 4.78 is 0. The Morgan fingerprint density at radius 3 is 1.13 bits per heavy atom. The van der Waals surface area contributed by atoms with Crippen LogP contribution in [0.25, 0.3) is 189 Å². The van der Waals surface area contributed by atoms with Gasteiger partial charge in [0.05, 0.1) is 61.4 Å². The number of nitrogens with zero attached hydrogens (tertiary/aromatic N) is 10. The normalized spacial score (nSPS) is 11.5. The first kappa shape index (κ1) is 57.2. The van der Waals surface area contributed by atoms with E-state index in [2.05, 4.69) is 228 Å². The van der Waals surface area contributed by atoms with Crippen molar-refractivity contribution in [3.63, 3.8) is 0 Å². The van der Waals surface area contributed by atoms with Gasteiger partial charge in [-0.25, -0.2) is 39.9 Å². The summed E-state index contributed by atoms with van der Waals surface area (Å²) in [6.45, 7) is 0. The molecule has 11 aromatic carbocycles. The van der Waals surface area contributed by atoms with Gasteiger partial charge in [-0.3, -0.25) is 9.97 Å². The van der Waals surface area contributed by atoms with Gasteiger partial charge in [0, 0.05) is 83.5 Å². The molecule has 19 rings (SSSR count). The standard InChI is InChI=1S/C55H33N7.C33H21N3/c1-3-8-37(9-4-1)53-60-54(38-10-5-2-6-11-38)62-55(61-53)49-28-21-34-13-16-42(33-50(34)58-49)41-23-26-46-45(32-41)24-27-47(57-46)43-19-17-40-31-44(20-18-39(40)30-43)48-25-22-36-15-14-35-12-7-29-56-51(35)52(36)59-48;1-2-6-22(7-3-1)29-17-15-27-20-25(14-16-30(27)35-29)26-12-11-23-13-18-31(36-32(23)21-26)28-10-4-8-24-9-5-19-34-33(24)28/h1-33H;1-21H. The molecule has 0 radical (unpaired) electrons. The highest BCUT2D eigenvalue weighted by molar-refractivity contribution is 6.04. The van der Waals surface area contributed by atoms with Crippen molar-refractivity contribution >= 4 is 87.1 Å². The minimum atomic E-state index is 0.527. The Hall–Kier alpha value is -13.4. The second-order valence-corrected chi connectivity index (χ2v) is 24.4. The molecular weight excluding hydrogens is 1200 g/mol. The van der Waals surface area contributed by atoms with E-state index in [4.69, 9.17) is 39.9 Å². The highest BCUT2D eigenvalue weighted by atomic mass is 15.0. The zero-order valence-corrected chi connectivity index (χ0v) is 52.6. The molecule has 10 nitrogen and oxygen atoms in total. The number of para-hydroxylation sites is 1. The first-order valence-electron chi connectivity index (χ1n) is 32.6. The molecule has 19 aromatic rings. The van der Waals surface area contributed by atoms with E-state index >= 15 is 0 Å². The molecule has 0 unspecified atom stereocenters. The Balaban J connectivity index is 0.000000164. The fourth-order valence-corrected chi connectivity index (χ4v) is 13.1. The molecule has 0 atom stereocenters.